The summed E-state index contributed by atoms with van der Waals surface area (Å²) in [6.45, 7) is 4.00. The van der Waals surface area contributed by atoms with Gasteiger partial charge in [-0.3, -0.25) is 14.4 Å². The van der Waals surface area contributed by atoms with E-state index in [4.69, 9.17) is 4.74 Å². The highest BCUT2D eigenvalue weighted by atomic mass is 32.1. The highest BCUT2D eigenvalue weighted by molar-refractivity contribution is 7.12. The van der Waals surface area contributed by atoms with Crippen LogP contribution in [0.25, 0.3) is 0 Å². The average Bonchev–Trinajstić information content (AvgIpc) is 3.24. The third-order valence-corrected chi connectivity index (χ3v) is 5.31. The van der Waals surface area contributed by atoms with Crippen LogP contribution in [0.15, 0.2) is 35.7 Å². The topological polar surface area (TPSA) is 63.7 Å². The fraction of sp³-hybridized carbons (Fsp3) is 0.316. The maximum Gasteiger partial charge on any atom is 0.311 e. The molecule has 130 valence electrons. The van der Waals surface area contributed by atoms with Gasteiger partial charge in [0.1, 0.15) is 0 Å². The fourth-order valence-corrected chi connectivity index (χ4v) is 3.42. The lowest BCUT2D eigenvalue weighted by atomic mass is 10.1. The summed E-state index contributed by atoms with van der Waals surface area (Å²) >= 11 is 1.31. The molecule has 0 N–H and O–H groups in total. The van der Waals surface area contributed by atoms with Crippen molar-refractivity contribution in [1.82, 2.24) is 0 Å². The molecular weight excluding hydrogens is 338 g/mol. The number of ether oxygens (including phenoxy) is 1. The van der Waals surface area contributed by atoms with Crippen molar-refractivity contribution in [3.05, 3.63) is 51.7 Å². The van der Waals surface area contributed by atoms with Crippen LogP contribution >= 0.6 is 11.3 Å². The van der Waals surface area contributed by atoms with Gasteiger partial charge in [0.2, 0.25) is 11.7 Å². The van der Waals surface area contributed by atoms with Gasteiger partial charge in [-0.15, -0.1) is 11.3 Å². The monoisotopic (exact) mass is 357 g/mol. The lowest BCUT2D eigenvalue weighted by molar-refractivity contribution is -0.147. The van der Waals surface area contributed by atoms with Crippen molar-refractivity contribution in [1.29, 1.82) is 0 Å². The van der Waals surface area contributed by atoms with E-state index in [0.29, 0.717) is 4.88 Å². The van der Waals surface area contributed by atoms with Gasteiger partial charge in [0, 0.05) is 18.7 Å². The number of aryl methyl sites for hydroxylation is 2. The number of carbonyl (C=O) groups excluding carboxylic acids is 3. The van der Waals surface area contributed by atoms with Crippen LogP contribution in [-0.4, -0.2) is 30.8 Å². The second kappa shape index (κ2) is 7.19. The Kier molecular flexibility index (Phi) is 4.99. The predicted octanol–water partition coefficient (Wildman–Crippen LogP) is 3.14. The minimum atomic E-state index is -0.537. The second-order valence-corrected chi connectivity index (χ2v) is 7.13. The molecule has 0 spiro atoms. The molecule has 1 aliphatic rings. The van der Waals surface area contributed by atoms with Crippen molar-refractivity contribution < 1.29 is 19.1 Å². The molecule has 0 unspecified atom stereocenters. The van der Waals surface area contributed by atoms with E-state index >= 15 is 0 Å². The van der Waals surface area contributed by atoms with Crippen LogP contribution in [-0.2, 0) is 14.3 Å². The van der Waals surface area contributed by atoms with Gasteiger partial charge in [-0.2, -0.15) is 0 Å². The molecule has 6 heteroatoms. The lowest BCUT2D eigenvalue weighted by Crippen LogP contribution is -2.27. The van der Waals surface area contributed by atoms with Crippen LogP contribution < -0.4 is 4.90 Å². The molecule has 1 aliphatic heterocycles. The van der Waals surface area contributed by atoms with Gasteiger partial charge in [0.25, 0.3) is 0 Å². The molecule has 1 amide bonds. The molecule has 1 aromatic heterocycles. The summed E-state index contributed by atoms with van der Waals surface area (Å²) in [5.74, 6) is -1.36. The van der Waals surface area contributed by atoms with E-state index in [1.807, 2.05) is 32.0 Å². The van der Waals surface area contributed by atoms with Gasteiger partial charge >= 0.3 is 5.97 Å². The molecule has 1 aromatic carbocycles. The molecule has 1 fully saturated rings. The molecule has 0 bridgehead atoms. The highest BCUT2D eigenvalue weighted by Gasteiger charge is 2.36. The smallest absolute Gasteiger partial charge is 0.311 e. The SMILES string of the molecule is Cc1ccc(N2C[C@H](C(=O)OCC(=O)c3cccs3)CC2=O)cc1C. The van der Waals surface area contributed by atoms with Crippen LogP contribution in [0, 0.1) is 19.8 Å². The first-order valence-corrected chi connectivity index (χ1v) is 8.94. The molecule has 0 saturated carbocycles. The Morgan fingerprint density at radius 3 is 2.72 bits per heavy atom. The summed E-state index contributed by atoms with van der Waals surface area (Å²) in [6, 6.07) is 9.26. The van der Waals surface area contributed by atoms with Gasteiger partial charge in [0.15, 0.2) is 6.61 Å². The third kappa shape index (κ3) is 3.79. The number of anilines is 1. The van der Waals surface area contributed by atoms with E-state index < -0.39 is 11.9 Å². The van der Waals surface area contributed by atoms with Crippen LogP contribution in [0.1, 0.15) is 27.2 Å². The number of carbonyl (C=O) groups is 3. The summed E-state index contributed by atoms with van der Waals surface area (Å²) in [5.41, 5.74) is 3.04. The number of hydrogen-bond donors (Lipinski definition) is 0. The summed E-state index contributed by atoms with van der Waals surface area (Å²) in [6.07, 6.45) is 0.110. The quantitative estimate of drug-likeness (QED) is 0.609. The molecule has 1 atom stereocenters. The van der Waals surface area contributed by atoms with E-state index in [0.717, 1.165) is 16.8 Å². The maximum atomic E-state index is 12.3. The molecule has 3 rings (SSSR count). The number of benzene rings is 1. The molecule has 5 nitrogen and oxygen atoms in total. The van der Waals surface area contributed by atoms with Crippen molar-refractivity contribution in [2.24, 2.45) is 5.92 Å². The fourth-order valence-electron chi connectivity index (χ4n) is 2.77. The second-order valence-electron chi connectivity index (χ2n) is 6.18. The highest BCUT2D eigenvalue weighted by Crippen LogP contribution is 2.27. The number of esters is 1. The first-order chi connectivity index (χ1) is 12.0. The summed E-state index contributed by atoms with van der Waals surface area (Å²) in [4.78, 5) is 38.5. The molecule has 2 aromatic rings. The molecular formula is C19H19NO4S. The van der Waals surface area contributed by atoms with Crippen molar-refractivity contribution in [2.45, 2.75) is 20.3 Å². The number of hydrogen-bond acceptors (Lipinski definition) is 5. The normalized spacial score (nSPS) is 17.0. The van der Waals surface area contributed by atoms with Gasteiger partial charge in [-0.05, 0) is 48.6 Å². The van der Waals surface area contributed by atoms with Gasteiger partial charge in [0.05, 0.1) is 10.8 Å². The number of Topliss-reactive ketones (excluding diaryl/α,β-unsaturated/α-hetero) is 1. The molecule has 25 heavy (non-hydrogen) atoms. The number of amides is 1. The Labute approximate surface area is 150 Å². The third-order valence-electron chi connectivity index (χ3n) is 4.40. The van der Waals surface area contributed by atoms with Crippen molar-refractivity contribution in [2.75, 3.05) is 18.1 Å². The molecule has 2 heterocycles. The number of thiophene rings is 1. The first kappa shape index (κ1) is 17.4. The summed E-state index contributed by atoms with van der Waals surface area (Å²) in [5, 5.41) is 1.80. The number of nitrogens with zero attached hydrogens (tertiary/aromatic N) is 1. The van der Waals surface area contributed by atoms with Crippen LogP contribution in [0.4, 0.5) is 5.69 Å². The van der Waals surface area contributed by atoms with Crippen molar-refractivity contribution in [3.63, 3.8) is 0 Å². The van der Waals surface area contributed by atoms with E-state index in [2.05, 4.69) is 0 Å². The Morgan fingerprint density at radius 2 is 2.04 bits per heavy atom. The Balaban J connectivity index is 1.60. The van der Waals surface area contributed by atoms with E-state index in [1.165, 1.54) is 11.3 Å². The van der Waals surface area contributed by atoms with Crippen LogP contribution in [0.3, 0.4) is 0 Å². The minimum absolute atomic E-state index is 0.102. The number of rotatable bonds is 5. The van der Waals surface area contributed by atoms with Gasteiger partial charge in [-0.25, -0.2) is 0 Å². The first-order valence-electron chi connectivity index (χ1n) is 8.06. The number of ketones is 1. The minimum Gasteiger partial charge on any atom is -0.457 e. The van der Waals surface area contributed by atoms with Gasteiger partial charge in [-0.1, -0.05) is 12.1 Å². The Morgan fingerprint density at radius 1 is 1.24 bits per heavy atom. The standard InChI is InChI=1S/C19H19NO4S/c1-12-5-6-15(8-13(12)2)20-10-14(9-18(20)22)19(23)24-11-16(21)17-4-3-7-25-17/h3-8,14H,9-11H2,1-2H3/t14-/m1/s1. The Bertz CT molecular complexity index is 813. The van der Waals surface area contributed by atoms with Crippen molar-refractivity contribution in [3.8, 4) is 0 Å². The molecule has 0 aliphatic carbocycles. The molecule has 0 radical (unpaired) electrons. The van der Waals surface area contributed by atoms with E-state index in [-0.39, 0.29) is 31.3 Å². The zero-order chi connectivity index (χ0) is 18.0. The summed E-state index contributed by atoms with van der Waals surface area (Å²) in [7, 11) is 0. The van der Waals surface area contributed by atoms with E-state index in [1.54, 1.807) is 22.4 Å². The Hall–Kier alpha value is -2.47. The lowest BCUT2D eigenvalue weighted by Gasteiger charge is -2.17. The summed E-state index contributed by atoms with van der Waals surface area (Å²) < 4.78 is 5.13. The maximum absolute atomic E-state index is 12.3. The van der Waals surface area contributed by atoms with Gasteiger partial charge < -0.3 is 9.64 Å². The predicted molar refractivity (Wildman–Crippen MR) is 96.0 cm³/mol. The van der Waals surface area contributed by atoms with Crippen LogP contribution in [0.5, 0.6) is 0 Å². The average molecular weight is 357 g/mol. The molecule has 1 saturated heterocycles. The zero-order valence-corrected chi connectivity index (χ0v) is 15.0. The van der Waals surface area contributed by atoms with Crippen LogP contribution in [0.2, 0.25) is 0 Å². The zero-order valence-electron chi connectivity index (χ0n) is 14.2. The van der Waals surface area contributed by atoms with Crippen molar-refractivity contribution >= 4 is 34.7 Å². The largest absolute Gasteiger partial charge is 0.457 e. The van der Waals surface area contributed by atoms with E-state index in [9.17, 15) is 14.4 Å².